The molecule has 0 radical (unpaired) electrons. The fourth-order valence-corrected chi connectivity index (χ4v) is 2.06. The van der Waals surface area contributed by atoms with Crippen molar-refractivity contribution < 1.29 is 9.53 Å². The lowest BCUT2D eigenvalue weighted by molar-refractivity contribution is -0.111. The van der Waals surface area contributed by atoms with Crippen LogP contribution in [-0.2, 0) is 16.1 Å². The summed E-state index contributed by atoms with van der Waals surface area (Å²) in [5.41, 5.74) is 2.55. The molecule has 1 N–H and O–H groups in total. The van der Waals surface area contributed by atoms with Crippen molar-refractivity contribution >= 4 is 29.3 Å². The molecule has 2 rings (SSSR count). The SMILES string of the molecule is COCc1cccc(NC(=O)/C=C/c2ccccc2Cl)c1. The Bertz CT molecular complexity index is 653. The first-order chi connectivity index (χ1) is 10.2. The summed E-state index contributed by atoms with van der Waals surface area (Å²) in [5.74, 6) is -0.204. The maximum Gasteiger partial charge on any atom is 0.248 e. The van der Waals surface area contributed by atoms with E-state index in [1.165, 1.54) is 6.08 Å². The lowest BCUT2D eigenvalue weighted by Crippen LogP contribution is -2.08. The molecule has 21 heavy (non-hydrogen) atoms. The number of hydrogen-bond donors (Lipinski definition) is 1. The fourth-order valence-electron chi connectivity index (χ4n) is 1.87. The highest BCUT2D eigenvalue weighted by molar-refractivity contribution is 6.32. The minimum atomic E-state index is -0.204. The van der Waals surface area contributed by atoms with E-state index in [2.05, 4.69) is 5.32 Å². The minimum Gasteiger partial charge on any atom is -0.380 e. The van der Waals surface area contributed by atoms with E-state index < -0.39 is 0 Å². The first kappa shape index (κ1) is 15.3. The van der Waals surface area contributed by atoms with Crippen LogP contribution in [0.1, 0.15) is 11.1 Å². The van der Waals surface area contributed by atoms with Crippen molar-refractivity contribution in [1.82, 2.24) is 0 Å². The molecule has 2 aromatic rings. The van der Waals surface area contributed by atoms with Gasteiger partial charge in [0.05, 0.1) is 6.61 Å². The van der Waals surface area contributed by atoms with Gasteiger partial charge in [0.1, 0.15) is 0 Å². The second kappa shape index (κ2) is 7.62. The van der Waals surface area contributed by atoms with E-state index in [4.69, 9.17) is 16.3 Å². The van der Waals surface area contributed by atoms with Crippen LogP contribution in [0, 0.1) is 0 Å². The Morgan fingerprint density at radius 2 is 2.05 bits per heavy atom. The number of carbonyl (C=O) groups is 1. The van der Waals surface area contributed by atoms with Crippen molar-refractivity contribution in [3.05, 3.63) is 70.8 Å². The third-order valence-electron chi connectivity index (χ3n) is 2.83. The third kappa shape index (κ3) is 4.74. The average molecular weight is 302 g/mol. The number of halogens is 1. The predicted molar refractivity (Wildman–Crippen MR) is 86.3 cm³/mol. The van der Waals surface area contributed by atoms with E-state index in [-0.39, 0.29) is 5.91 Å². The Labute approximate surface area is 129 Å². The summed E-state index contributed by atoms with van der Waals surface area (Å²) in [4.78, 5) is 11.9. The molecule has 4 heteroatoms. The van der Waals surface area contributed by atoms with Gasteiger partial charge in [0.15, 0.2) is 0 Å². The zero-order valence-electron chi connectivity index (χ0n) is 11.7. The number of methoxy groups -OCH3 is 1. The van der Waals surface area contributed by atoms with Gasteiger partial charge >= 0.3 is 0 Å². The van der Waals surface area contributed by atoms with E-state index in [1.54, 1.807) is 19.3 Å². The molecule has 0 aliphatic rings. The molecule has 0 spiro atoms. The summed E-state index contributed by atoms with van der Waals surface area (Å²) >= 11 is 6.03. The number of nitrogens with one attached hydrogen (secondary N) is 1. The van der Waals surface area contributed by atoms with E-state index in [0.29, 0.717) is 11.6 Å². The second-order valence-corrected chi connectivity index (χ2v) is 4.88. The fraction of sp³-hybridized carbons (Fsp3) is 0.118. The molecule has 3 nitrogen and oxygen atoms in total. The van der Waals surface area contributed by atoms with Crippen molar-refractivity contribution in [1.29, 1.82) is 0 Å². The van der Waals surface area contributed by atoms with Crippen molar-refractivity contribution in [2.45, 2.75) is 6.61 Å². The molecule has 0 unspecified atom stereocenters. The molecular formula is C17H16ClNO2. The Kier molecular flexibility index (Phi) is 5.55. The van der Waals surface area contributed by atoms with Crippen LogP contribution in [0.4, 0.5) is 5.69 Å². The van der Waals surface area contributed by atoms with Crippen LogP contribution in [0.5, 0.6) is 0 Å². The van der Waals surface area contributed by atoms with Gasteiger partial charge in [-0.05, 0) is 35.4 Å². The van der Waals surface area contributed by atoms with Crippen LogP contribution in [0.3, 0.4) is 0 Å². The maximum absolute atomic E-state index is 11.9. The summed E-state index contributed by atoms with van der Waals surface area (Å²) in [6.45, 7) is 0.513. The van der Waals surface area contributed by atoms with Gasteiger partial charge < -0.3 is 10.1 Å². The highest BCUT2D eigenvalue weighted by Gasteiger charge is 2.00. The second-order valence-electron chi connectivity index (χ2n) is 4.48. The van der Waals surface area contributed by atoms with Crippen molar-refractivity contribution in [3.8, 4) is 0 Å². The third-order valence-corrected chi connectivity index (χ3v) is 3.17. The molecule has 0 aromatic heterocycles. The number of carbonyl (C=O) groups excluding carboxylic acids is 1. The molecule has 0 bridgehead atoms. The van der Waals surface area contributed by atoms with Gasteiger partial charge in [-0.3, -0.25) is 4.79 Å². The molecule has 1 amide bonds. The summed E-state index contributed by atoms with van der Waals surface area (Å²) in [7, 11) is 1.64. The number of anilines is 1. The summed E-state index contributed by atoms with van der Waals surface area (Å²) < 4.78 is 5.07. The monoisotopic (exact) mass is 301 g/mol. The summed E-state index contributed by atoms with van der Waals surface area (Å²) in [6.07, 6.45) is 3.15. The van der Waals surface area contributed by atoms with Crippen LogP contribution in [0.25, 0.3) is 6.08 Å². The quantitative estimate of drug-likeness (QED) is 0.843. The zero-order valence-corrected chi connectivity index (χ0v) is 12.4. The normalized spacial score (nSPS) is 10.8. The molecule has 2 aromatic carbocycles. The minimum absolute atomic E-state index is 0.204. The molecular weight excluding hydrogens is 286 g/mol. The molecule has 0 aliphatic carbocycles. The molecule has 0 saturated heterocycles. The van der Waals surface area contributed by atoms with Gasteiger partial charge in [-0.1, -0.05) is 41.9 Å². The number of hydrogen-bond acceptors (Lipinski definition) is 2. The predicted octanol–water partition coefficient (Wildman–Crippen LogP) is 4.14. The highest BCUT2D eigenvalue weighted by atomic mass is 35.5. The van der Waals surface area contributed by atoms with E-state index in [1.807, 2.05) is 42.5 Å². The Morgan fingerprint density at radius 3 is 2.81 bits per heavy atom. The van der Waals surface area contributed by atoms with Crippen LogP contribution in [0.2, 0.25) is 5.02 Å². The molecule has 0 fully saturated rings. The van der Waals surface area contributed by atoms with Crippen molar-refractivity contribution in [2.75, 3.05) is 12.4 Å². The Morgan fingerprint density at radius 1 is 1.24 bits per heavy atom. The first-order valence-electron chi connectivity index (χ1n) is 6.50. The van der Waals surface area contributed by atoms with E-state index in [0.717, 1.165) is 16.8 Å². The van der Waals surface area contributed by atoms with Gasteiger partial charge in [-0.25, -0.2) is 0 Å². The number of benzene rings is 2. The van der Waals surface area contributed by atoms with Crippen LogP contribution in [-0.4, -0.2) is 13.0 Å². The molecule has 108 valence electrons. The zero-order chi connectivity index (χ0) is 15.1. The van der Waals surface area contributed by atoms with Crippen LogP contribution in [0.15, 0.2) is 54.6 Å². The summed E-state index contributed by atoms with van der Waals surface area (Å²) in [6, 6.07) is 14.9. The largest absolute Gasteiger partial charge is 0.380 e. The number of amides is 1. The van der Waals surface area contributed by atoms with Gasteiger partial charge in [-0.2, -0.15) is 0 Å². The van der Waals surface area contributed by atoms with E-state index in [9.17, 15) is 4.79 Å². The van der Waals surface area contributed by atoms with Crippen LogP contribution >= 0.6 is 11.6 Å². The smallest absolute Gasteiger partial charge is 0.248 e. The standard InChI is InChI=1S/C17H16ClNO2/c1-21-12-13-5-4-7-15(11-13)19-17(20)10-9-14-6-2-3-8-16(14)18/h2-11H,12H2,1H3,(H,19,20)/b10-9+. The number of rotatable bonds is 5. The average Bonchev–Trinajstić information content (AvgIpc) is 2.47. The number of ether oxygens (including phenoxy) is 1. The first-order valence-corrected chi connectivity index (χ1v) is 6.88. The highest BCUT2D eigenvalue weighted by Crippen LogP contribution is 2.16. The molecule has 0 atom stereocenters. The Hall–Kier alpha value is -2.10. The lowest BCUT2D eigenvalue weighted by Gasteiger charge is -2.05. The Balaban J connectivity index is 2.02. The molecule has 0 aliphatic heterocycles. The lowest BCUT2D eigenvalue weighted by atomic mass is 10.2. The van der Waals surface area contributed by atoms with Crippen molar-refractivity contribution in [3.63, 3.8) is 0 Å². The van der Waals surface area contributed by atoms with Gasteiger partial charge in [0.25, 0.3) is 0 Å². The molecule has 0 heterocycles. The van der Waals surface area contributed by atoms with Crippen molar-refractivity contribution in [2.24, 2.45) is 0 Å². The van der Waals surface area contributed by atoms with Crippen LogP contribution < -0.4 is 5.32 Å². The van der Waals surface area contributed by atoms with E-state index >= 15 is 0 Å². The maximum atomic E-state index is 11.9. The molecule has 0 saturated carbocycles. The van der Waals surface area contributed by atoms with Gasteiger partial charge in [-0.15, -0.1) is 0 Å². The topological polar surface area (TPSA) is 38.3 Å². The van der Waals surface area contributed by atoms with Gasteiger partial charge in [0.2, 0.25) is 5.91 Å². The summed E-state index contributed by atoms with van der Waals surface area (Å²) in [5, 5.41) is 3.42. The van der Waals surface area contributed by atoms with Gasteiger partial charge in [0, 0.05) is 23.9 Å².